The fourth-order valence-electron chi connectivity index (χ4n) is 4.00. The molecule has 1 amide bonds. The highest BCUT2D eigenvalue weighted by atomic mass is 16.3. The lowest BCUT2D eigenvalue weighted by Crippen LogP contribution is -2.25. The Morgan fingerprint density at radius 2 is 0.862 bits per heavy atom. The van der Waals surface area contributed by atoms with Crippen molar-refractivity contribution in [2.24, 2.45) is 0 Å². The first-order valence-corrected chi connectivity index (χ1v) is 13.2. The molecule has 0 aromatic rings. The average molecular weight is 412 g/mol. The van der Waals surface area contributed by atoms with Crippen molar-refractivity contribution in [1.82, 2.24) is 5.32 Å². The molecule has 0 bridgehead atoms. The Morgan fingerprint density at radius 1 is 0.552 bits per heavy atom. The minimum atomic E-state index is 0.0328. The molecule has 0 saturated heterocycles. The topological polar surface area (TPSA) is 49.3 Å². The van der Waals surface area contributed by atoms with Crippen molar-refractivity contribution in [3.63, 3.8) is 0 Å². The molecule has 0 rings (SSSR count). The zero-order chi connectivity index (χ0) is 21.3. The van der Waals surface area contributed by atoms with Crippen molar-refractivity contribution in [1.29, 1.82) is 0 Å². The van der Waals surface area contributed by atoms with Crippen LogP contribution in [0.3, 0.4) is 0 Å². The van der Waals surface area contributed by atoms with Gasteiger partial charge in [0, 0.05) is 13.0 Å². The standard InChI is InChI=1S/C26H53NO2/c1-2-3-4-5-6-7-8-9-10-11-12-13-14-15-16-17-18-19-20-21-22-23-26(29)27-24-25-28/h28H,2-25H2,1H3,(H,27,29). The Bertz CT molecular complexity index is 320. The lowest BCUT2D eigenvalue weighted by atomic mass is 10.0. The van der Waals surface area contributed by atoms with Crippen LogP contribution in [-0.2, 0) is 4.79 Å². The molecule has 0 radical (unpaired) electrons. The number of carbonyl (C=O) groups excluding carboxylic acids is 1. The molecule has 0 aliphatic rings. The third-order valence-corrected chi connectivity index (χ3v) is 5.94. The van der Waals surface area contributed by atoms with Crippen molar-refractivity contribution < 1.29 is 9.90 Å². The highest BCUT2D eigenvalue weighted by Gasteiger charge is 2.00. The second kappa shape index (κ2) is 25.5. The SMILES string of the molecule is CCCCCCCCCCCCCCCCCCCCCCCC(=O)NCCO. The van der Waals surface area contributed by atoms with E-state index >= 15 is 0 Å². The summed E-state index contributed by atoms with van der Waals surface area (Å²) in [6.07, 6.45) is 29.6. The summed E-state index contributed by atoms with van der Waals surface area (Å²) in [5.41, 5.74) is 0. The lowest BCUT2D eigenvalue weighted by Gasteiger charge is -2.04. The van der Waals surface area contributed by atoms with Crippen LogP contribution >= 0.6 is 0 Å². The Balaban J connectivity index is 3.04. The van der Waals surface area contributed by atoms with Crippen molar-refractivity contribution in [3.05, 3.63) is 0 Å². The Kier molecular flexibility index (Phi) is 25.0. The molecule has 0 atom stereocenters. The summed E-state index contributed by atoms with van der Waals surface area (Å²) < 4.78 is 0. The molecular formula is C26H53NO2. The molecule has 0 aromatic heterocycles. The molecule has 0 unspecified atom stereocenters. The zero-order valence-electron chi connectivity index (χ0n) is 19.8. The quantitative estimate of drug-likeness (QED) is 0.160. The smallest absolute Gasteiger partial charge is 0.220 e. The summed E-state index contributed by atoms with van der Waals surface area (Å²) in [5.74, 6) is 0.0804. The van der Waals surface area contributed by atoms with E-state index < -0.39 is 0 Å². The van der Waals surface area contributed by atoms with E-state index in [1.54, 1.807) is 0 Å². The molecule has 0 aliphatic heterocycles. The number of nitrogens with one attached hydrogen (secondary N) is 1. The number of rotatable bonds is 24. The van der Waals surface area contributed by atoms with Crippen LogP contribution in [-0.4, -0.2) is 24.2 Å². The summed E-state index contributed by atoms with van der Waals surface area (Å²) in [6.45, 7) is 2.71. The molecule has 3 heteroatoms. The molecule has 0 saturated carbocycles. The monoisotopic (exact) mass is 411 g/mol. The molecule has 0 heterocycles. The van der Waals surface area contributed by atoms with Crippen LogP contribution in [0.15, 0.2) is 0 Å². The summed E-state index contributed by atoms with van der Waals surface area (Å²) >= 11 is 0. The normalized spacial score (nSPS) is 11.1. The molecule has 2 N–H and O–H groups in total. The Morgan fingerprint density at radius 3 is 1.17 bits per heavy atom. The predicted octanol–water partition coefficient (Wildman–Crippen LogP) is 7.70. The van der Waals surface area contributed by atoms with Gasteiger partial charge in [0.25, 0.3) is 0 Å². The highest BCUT2D eigenvalue weighted by molar-refractivity contribution is 5.75. The second-order valence-corrected chi connectivity index (χ2v) is 8.89. The number of amides is 1. The van der Waals surface area contributed by atoms with Crippen LogP contribution in [0.4, 0.5) is 0 Å². The van der Waals surface area contributed by atoms with Gasteiger partial charge in [-0.15, -0.1) is 0 Å². The van der Waals surface area contributed by atoms with Gasteiger partial charge < -0.3 is 10.4 Å². The van der Waals surface area contributed by atoms with E-state index in [4.69, 9.17) is 5.11 Å². The van der Waals surface area contributed by atoms with Gasteiger partial charge in [0.2, 0.25) is 5.91 Å². The maximum atomic E-state index is 11.4. The van der Waals surface area contributed by atoms with Gasteiger partial charge in [-0.2, -0.15) is 0 Å². The van der Waals surface area contributed by atoms with Crippen molar-refractivity contribution in [2.75, 3.05) is 13.2 Å². The van der Waals surface area contributed by atoms with Crippen LogP contribution in [0.25, 0.3) is 0 Å². The summed E-state index contributed by atoms with van der Waals surface area (Å²) in [5, 5.41) is 11.4. The van der Waals surface area contributed by atoms with Crippen LogP contribution in [0.5, 0.6) is 0 Å². The number of unbranched alkanes of at least 4 members (excludes halogenated alkanes) is 20. The van der Waals surface area contributed by atoms with Crippen molar-refractivity contribution in [3.8, 4) is 0 Å². The van der Waals surface area contributed by atoms with Gasteiger partial charge in [-0.1, -0.05) is 135 Å². The van der Waals surface area contributed by atoms with E-state index in [0.717, 1.165) is 12.8 Å². The number of hydrogen-bond acceptors (Lipinski definition) is 2. The van der Waals surface area contributed by atoms with Crippen LogP contribution in [0, 0.1) is 0 Å². The Hall–Kier alpha value is -0.570. The van der Waals surface area contributed by atoms with E-state index in [1.807, 2.05) is 0 Å². The molecule has 174 valence electrons. The molecular weight excluding hydrogens is 358 g/mol. The first-order valence-electron chi connectivity index (χ1n) is 13.2. The maximum absolute atomic E-state index is 11.4. The van der Waals surface area contributed by atoms with E-state index in [0.29, 0.717) is 13.0 Å². The highest BCUT2D eigenvalue weighted by Crippen LogP contribution is 2.15. The first kappa shape index (κ1) is 28.4. The largest absolute Gasteiger partial charge is 0.395 e. The van der Waals surface area contributed by atoms with E-state index in [-0.39, 0.29) is 12.5 Å². The minimum absolute atomic E-state index is 0.0328. The van der Waals surface area contributed by atoms with Crippen molar-refractivity contribution >= 4 is 5.91 Å². The predicted molar refractivity (Wildman–Crippen MR) is 127 cm³/mol. The molecule has 0 spiro atoms. The summed E-state index contributed by atoms with van der Waals surface area (Å²) in [6, 6.07) is 0. The molecule has 29 heavy (non-hydrogen) atoms. The van der Waals surface area contributed by atoms with Gasteiger partial charge in [-0.25, -0.2) is 0 Å². The third-order valence-electron chi connectivity index (χ3n) is 5.94. The summed E-state index contributed by atoms with van der Waals surface area (Å²) in [4.78, 5) is 11.4. The van der Waals surface area contributed by atoms with E-state index in [1.165, 1.54) is 122 Å². The zero-order valence-corrected chi connectivity index (χ0v) is 19.8. The first-order chi connectivity index (χ1) is 14.3. The van der Waals surface area contributed by atoms with E-state index in [2.05, 4.69) is 12.2 Å². The third kappa shape index (κ3) is 25.4. The van der Waals surface area contributed by atoms with Crippen LogP contribution in [0.1, 0.15) is 148 Å². The number of carbonyl (C=O) groups is 1. The lowest BCUT2D eigenvalue weighted by molar-refractivity contribution is -0.121. The minimum Gasteiger partial charge on any atom is -0.395 e. The fourth-order valence-corrected chi connectivity index (χ4v) is 4.00. The van der Waals surface area contributed by atoms with Gasteiger partial charge >= 0.3 is 0 Å². The summed E-state index contributed by atoms with van der Waals surface area (Å²) in [7, 11) is 0. The van der Waals surface area contributed by atoms with E-state index in [9.17, 15) is 4.79 Å². The fraction of sp³-hybridized carbons (Fsp3) is 0.962. The molecule has 0 aliphatic carbocycles. The Labute approximate surface area is 182 Å². The van der Waals surface area contributed by atoms with Gasteiger partial charge in [0.05, 0.1) is 6.61 Å². The van der Waals surface area contributed by atoms with Crippen molar-refractivity contribution in [2.45, 2.75) is 148 Å². The van der Waals surface area contributed by atoms with Gasteiger partial charge in [-0.3, -0.25) is 4.79 Å². The van der Waals surface area contributed by atoms with Gasteiger partial charge in [-0.05, 0) is 6.42 Å². The number of aliphatic hydroxyl groups is 1. The molecule has 0 fully saturated rings. The average Bonchev–Trinajstić information content (AvgIpc) is 2.73. The van der Waals surface area contributed by atoms with Crippen LogP contribution in [0.2, 0.25) is 0 Å². The maximum Gasteiger partial charge on any atom is 0.220 e. The van der Waals surface area contributed by atoms with Crippen LogP contribution < -0.4 is 5.32 Å². The van der Waals surface area contributed by atoms with Gasteiger partial charge in [0.15, 0.2) is 0 Å². The molecule has 0 aromatic carbocycles. The van der Waals surface area contributed by atoms with Gasteiger partial charge in [0.1, 0.15) is 0 Å². The number of aliphatic hydroxyl groups excluding tert-OH is 1. The number of hydrogen-bond donors (Lipinski definition) is 2. The second-order valence-electron chi connectivity index (χ2n) is 8.89. The molecule has 3 nitrogen and oxygen atoms in total.